The van der Waals surface area contributed by atoms with Gasteiger partial charge in [-0.3, -0.25) is 0 Å². The lowest BCUT2D eigenvalue weighted by Gasteiger charge is -1.96. The Kier molecular flexibility index (Phi) is 1.83. The van der Waals surface area contributed by atoms with Crippen LogP contribution in [-0.4, -0.2) is 13.9 Å². The zero-order chi connectivity index (χ0) is 8.72. The fourth-order valence-corrected chi connectivity index (χ4v) is 1.97. The molecule has 0 saturated carbocycles. The van der Waals surface area contributed by atoms with Gasteiger partial charge in [-0.2, -0.15) is 8.75 Å². The summed E-state index contributed by atoms with van der Waals surface area (Å²) in [6.45, 7) is 0. The van der Waals surface area contributed by atoms with Gasteiger partial charge in [-0.05, 0) is 6.07 Å². The molecule has 2 aromatic rings. The van der Waals surface area contributed by atoms with Crippen molar-refractivity contribution in [3.63, 3.8) is 0 Å². The number of hydrogen-bond acceptors (Lipinski definition) is 4. The Morgan fingerprint density at radius 1 is 1.17 bits per heavy atom. The summed E-state index contributed by atoms with van der Waals surface area (Å²) >= 11 is 12.4. The quantitative estimate of drug-likeness (QED) is 0.743. The van der Waals surface area contributed by atoms with E-state index in [1.54, 1.807) is 0 Å². The summed E-state index contributed by atoms with van der Waals surface area (Å²) in [5.41, 5.74) is 0.848. The van der Waals surface area contributed by atoms with Crippen LogP contribution in [-0.2, 0) is 0 Å². The number of rotatable bonds is 0. The first-order valence-electron chi connectivity index (χ1n) is 2.99. The van der Waals surface area contributed by atoms with Crippen LogP contribution in [0.4, 0.5) is 0 Å². The highest BCUT2D eigenvalue weighted by molar-refractivity contribution is 7.00. The zero-order valence-corrected chi connectivity index (χ0v) is 7.91. The van der Waals surface area contributed by atoms with Gasteiger partial charge in [-0.1, -0.05) is 23.2 Å². The number of aromatic hydroxyl groups is 1. The second-order valence-electron chi connectivity index (χ2n) is 2.15. The molecule has 1 aromatic carbocycles. The van der Waals surface area contributed by atoms with E-state index in [2.05, 4.69) is 8.75 Å². The van der Waals surface area contributed by atoms with Crippen LogP contribution in [0.1, 0.15) is 0 Å². The molecule has 0 aliphatic heterocycles. The molecular formula is C6H2Cl2N2OS. The van der Waals surface area contributed by atoms with Gasteiger partial charge in [-0.15, -0.1) is 0 Å². The van der Waals surface area contributed by atoms with Crippen molar-refractivity contribution in [1.29, 1.82) is 0 Å². The topological polar surface area (TPSA) is 46.0 Å². The van der Waals surface area contributed by atoms with Crippen molar-refractivity contribution < 1.29 is 5.11 Å². The van der Waals surface area contributed by atoms with Crippen LogP contribution in [0.15, 0.2) is 6.07 Å². The van der Waals surface area contributed by atoms with Crippen LogP contribution >= 0.6 is 34.9 Å². The van der Waals surface area contributed by atoms with E-state index in [0.29, 0.717) is 16.1 Å². The maximum atomic E-state index is 9.39. The SMILES string of the molecule is Oc1c(Cl)cc(Cl)c2nsnc12. The monoisotopic (exact) mass is 220 g/mol. The normalized spacial score (nSPS) is 10.8. The molecule has 2 rings (SSSR count). The number of phenols is 1. The van der Waals surface area contributed by atoms with Crippen LogP contribution in [0.3, 0.4) is 0 Å². The average molecular weight is 221 g/mol. The lowest BCUT2D eigenvalue weighted by molar-refractivity contribution is 0.481. The number of phenolic OH excluding ortho intramolecular Hbond substituents is 1. The first-order valence-corrected chi connectivity index (χ1v) is 4.48. The minimum atomic E-state index is -0.0650. The summed E-state index contributed by atoms with van der Waals surface area (Å²) in [7, 11) is 0. The van der Waals surface area contributed by atoms with Crippen molar-refractivity contribution in [3.05, 3.63) is 16.1 Å². The Morgan fingerprint density at radius 3 is 2.58 bits per heavy atom. The van der Waals surface area contributed by atoms with Crippen LogP contribution < -0.4 is 0 Å². The summed E-state index contributed by atoms with van der Waals surface area (Å²) in [5.74, 6) is -0.0650. The minimum absolute atomic E-state index is 0.0650. The van der Waals surface area contributed by atoms with E-state index in [1.165, 1.54) is 6.07 Å². The van der Waals surface area contributed by atoms with E-state index in [0.717, 1.165) is 11.7 Å². The average Bonchev–Trinajstić information content (AvgIpc) is 2.48. The highest BCUT2D eigenvalue weighted by atomic mass is 35.5. The Hall–Kier alpha value is -0.580. The third kappa shape index (κ3) is 1.03. The number of nitrogens with zero attached hydrogens (tertiary/aromatic N) is 2. The van der Waals surface area contributed by atoms with E-state index in [9.17, 15) is 5.11 Å². The van der Waals surface area contributed by atoms with E-state index in [-0.39, 0.29) is 10.8 Å². The third-order valence-corrected chi connectivity index (χ3v) is 2.52. The first-order chi connectivity index (χ1) is 5.70. The Labute approximate surface area is 81.9 Å². The van der Waals surface area contributed by atoms with E-state index < -0.39 is 0 Å². The Bertz CT molecular complexity index is 442. The molecule has 0 aliphatic carbocycles. The van der Waals surface area contributed by atoms with Gasteiger partial charge in [0, 0.05) is 0 Å². The van der Waals surface area contributed by atoms with Gasteiger partial charge in [0.25, 0.3) is 0 Å². The highest BCUT2D eigenvalue weighted by Gasteiger charge is 2.11. The fourth-order valence-electron chi connectivity index (χ4n) is 0.862. The van der Waals surface area contributed by atoms with Crippen LogP contribution in [0.2, 0.25) is 10.0 Å². The van der Waals surface area contributed by atoms with Crippen molar-refractivity contribution in [1.82, 2.24) is 8.75 Å². The summed E-state index contributed by atoms with van der Waals surface area (Å²) in [5, 5.41) is 9.98. The molecule has 12 heavy (non-hydrogen) atoms. The molecule has 1 N–H and O–H groups in total. The van der Waals surface area contributed by atoms with Crippen LogP contribution in [0, 0.1) is 0 Å². The smallest absolute Gasteiger partial charge is 0.163 e. The number of benzene rings is 1. The molecule has 0 atom stereocenters. The van der Waals surface area contributed by atoms with Crippen LogP contribution in [0.25, 0.3) is 11.0 Å². The number of fused-ring (bicyclic) bond motifs is 1. The van der Waals surface area contributed by atoms with Gasteiger partial charge in [0.15, 0.2) is 5.75 Å². The van der Waals surface area contributed by atoms with Gasteiger partial charge >= 0.3 is 0 Å². The molecule has 0 fully saturated rings. The predicted molar refractivity (Wildman–Crippen MR) is 49.1 cm³/mol. The van der Waals surface area contributed by atoms with Crippen molar-refractivity contribution in [2.45, 2.75) is 0 Å². The maximum Gasteiger partial charge on any atom is 0.163 e. The van der Waals surface area contributed by atoms with Gasteiger partial charge in [-0.25, -0.2) is 0 Å². The molecule has 0 saturated heterocycles. The Balaban J connectivity index is 2.97. The molecule has 0 amide bonds. The van der Waals surface area contributed by atoms with Gasteiger partial charge in [0.05, 0.1) is 21.8 Å². The zero-order valence-electron chi connectivity index (χ0n) is 5.58. The molecular weight excluding hydrogens is 219 g/mol. The molecule has 0 bridgehead atoms. The van der Waals surface area contributed by atoms with Crippen molar-refractivity contribution in [2.75, 3.05) is 0 Å². The number of halogens is 2. The van der Waals surface area contributed by atoms with Crippen molar-refractivity contribution >= 4 is 46.0 Å². The van der Waals surface area contributed by atoms with Gasteiger partial charge < -0.3 is 5.11 Å². The molecule has 3 nitrogen and oxygen atoms in total. The summed E-state index contributed by atoms with van der Waals surface area (Å²) in [6, 6.07) is 1.45. The summed E-state index contributed by atoms with van der Waals surface area (Å²) < 4.78 is 7.75. The largest absolute Gasteiger partial charge is 0.504 e. The van der Waals surface area contributed by atoms with Crippen molar-refractivity contribution in [3.8, 4) is 5.75 Å². The standard InChI is InChI=1S/C6H2Cl2N2OS/c7-2-1-3(8)6(11)5-4(2)9-12-10-5/h1,11H. The van der Waals surface area contributed by atoms with Gasteiger partial charge in [0.2, 0.25) is 0 Å². The first kappa shape index (κ1) is 8.04. The highest BCUT2D eigenvalue weighted by Crippen LogP contribution is 2.35. The number of aromatic nitrogens is 2. The molecule has 0 radical (unpaired) electrons. The molecule has 0 spiro atoms. The van der Waals surface area contributed by atoms with E-state index >= 15 is 0 Å². The lowest BCUT2D eigenvalue weighted by atomic mass is 10.3. The Morgan fingerprint density at radius 2 is 1.83 bits per heavy atom. The molecule has 6 heteroatoms. The third-order valence-electron chi connectivity index (χ3n) is 1.42. The maximum absolute atomic E-state index is 9.39. The predicted octanol–water partition coefficient (Wildman–Crippen LogP) is 2.70. The van der Waals surface area contributed by atoms with E-state index in [4.69, 9.17) is 23.2 Å². The lowest BCUT2D eigenvalue weighted by Crippen LogP contribution is -1.75. The van der Waals surface area contributed by atoms with Crippen LogP contribution in [0.5, 0.6) is 5.75 Å². The summed E-state index contributed by atoms with van der Waals surface area (Å²) in [6.07, 6.45) is 0. The fraction of sp³-hybridized carbons (Fsp3) is 0. The van der Waals surface area contributed by atoms with E-state index in [1.807, 2.05) is 0 Å². The van der Waals surface area contributed by atoms with Gasteiger partial charge in [0.1, 0.15) is 11.0 Å². The van der Waals surface area contributed by atoms with Crippen molar-refractivity contribution in [2.24, 2.45) is 0 Å². The molecule has 62 valence electrons. The molecule has 1 aromatic heterocycles. The second kappa shape index (κ2) is 2.73. The molecule has 0 unspecified atom stereocenters. The summed E-state index contributed by atoms with van der Waals surface area (Å²) in [4.78, 5) is 0. The molecule has 0 aliphatic rings. The second-order valence-corrected chi connectivity index (χ2v) is 3.49. The minimum Gasteiger partial charge on any atom is -0.504 e. The molecule has 1 heterocycles. The number of hydrogen-bond donors (Lipinski definition) is 1.